The lowest BCUT2D eigenvalue weighted by molar-refractivity contribution is 0.0713. The standard InChI is InChI=1S/C29H29N5O2/c30-19-21-6-8-22(9-7-21)23-12-16-34(17-13-23)29(36)25-5-3-4-24(18-25)28(35)32-26-10-11-27(31-20-26)33-14-1-2-15-33/h3-11,18,20,23H,1-2,12-17H2,(H,32,35). The van der Waals surface area contributed by atoms with Crippen molar-refractivity contribution in [2.45, 2.75) is 31.6 Å². The number of benzene rings is 2. The second kappa shape index (κ2) is 10.6. The third kappa shape index (κ3) is 5.23. The Kier molecular flexibility index (Phi) is 6.94. The molecular weight excluding hydrogens is 450 g/mol. The predicted octanol–water partition coefficient (Wildman–Crippen LogP) is 4.83. The van der Waals surface area contributed by atoms with E-state index in [1.807, 2.05) is 41.3 Å². The van der Waals surface area contributed by atoms with Gasteiger partial charge >= 0.3 is 0 Å². The number of aromatic nitrogens is 1. The minimum Gasteiger partial charge on any atom is -0.357 e. The topological polar surface area (TPSA) is 89.3 Å². The van der Waals surface area contributed by atoms with Crippen LogP contribution >= 0.6 is 0 Å². The van der Waals surface area contributed by atoms with Crippen molar-refractivity contribution in [1.82, 2.24) is 9.88 Å². The highest BCUT2D eigenvalue weighted by Gasteiger charge is 2.25. The van der Waals surface area contributed by atoms with E-state index in [2.05, 4.69) is 21.3 Å². The molecule has 5 rings (SSSR count). The summed E-state index contributed by atoms with van der Waals surface area (Å²) in [5.41, 5.74) is 3.46. The number of hydrogen-bond donors (Lipinski definition) is 1. The predicted molar refractivity (Wildman–Crippen MR) is 139 cm³/mol. The van der Waals surface area contributed by atoms with Gasteiger partial charge in [0.05, 0.1) is 23.5 Å². The average Bonchev–Trinajstić information content (AvgIpc) is 3.48. The molecule has 36 heavy (non-hydrogen) atoms. The monoisotopic (exact) mass is 479 g/mol. The van der Waals surface area contributed by atoms with Crippen molar-refractivity contribution < 1.29 is 9.59 Å². The number of nitrogens with one attached hydrogen (secondary N) is 1. The molecule has 1 aromatic heterocycles. The summed E-state index contributed by atoms with van der Waals surface area (Å²) in [5.74, 6) is 0.991. The first-order valence-corrected chi connectivity index (χ1v) is 12.5. The molecule has 2 saturated heterocycles. The molecule has 0 spiro atoms. The van der Waals surface area contributed by atoms with Gasteiger partial charge in [0.15, 0.2) is 0 Å². The molecule has 2 aromatic carbocycles. The van der Waals surface area contributed by atoms with E-state index in [1.165, 1.54) is 18.4 Å². The number of piperidine rings is 1. The maximum Gasteiger partial charge on any atom is 0.255 e. The zero-order valence-electron chi connectivity index (χ0n) is 20.2. The fourth-order valence-electron chi connectivity index (χ4n) is 5.02. The summed E-state index contributed by atoms with van der Waals surface area (Å²) in [5, 5.41) is 11.9. The molecule has 7 nitrogen and oxygen atoms in total. The Labute approximate surface area is 211 Å². The van der Waals surface area contributed by atoms with Gasteiger partial charge in [0.2, 0.25) is 0 Å². The zero-order valence-corrected chi connectivity index (χ0v) is 20.2. The number of carbonyl (C=O) groups is 2. The van der Waals surface area contributed by atoms with Crippen LogP contribution in [0.15, 0.2) is 66.9 Å². The molecule has 182 valence electrons. The van der Waals surface area contributed by atoms with Gasteiger partial charge in [-0.3, -0.25) is 9.59 Å². The molecule has 2 fully saturated rings. The Bertz CT molecular complexity index is 1270. The molecule has 2 aliphatic rings. The van der Waals surface area contributed by atoms with Gasteiger partial charge in [-0.1, -0.05) is 18.2 Å². The van der Waals surface area contributed by atoms with E-state index in [9.17, 15) is 9.59 Å². The van der Waals surface area contributed by atoms with Crippen molar-refractivity contribution in [2.24, 2.45) is 0 Å². The molecule has 3 heterocycles. The fourth-order valence-corrected chi connectivity index (χ4v) is 5.02. The van der Waals surface area contributed by atoms with E-state index >= 15 is 0 Å². The summed E-state index contributed by atoms with van der Waals surface area (Å²) in [6, 6.07) is 20.6. The quantitative estimate of drug-likeness (QED) is 0.566. The summed E-state index contributed by atoms with van der Waals surface area (Å²) >= 11 is 0. The molecule has 2 amide bonds. The van der Waals surface area contributed by atoms with Crippen LogP contribution in [-0.2, 0) is 0 Å². The van der Waals surface area contributed by atoms with Crippen molar-refractivity contribution in [3.63, 3.8) is 0 Å². The van der Waals surface area contributed by atoms with Crippen molar-refractivity contribution in [1.29, 1.82) is 5.26 Å². The van der Waals surface area contributed by atoms with E-state index in [0.29, 0.717) is 41.4 Å². The summed E-state index contributed by atoms with van der Waals surface area (Å²) < 4.78 is 0. The minimum atomic E-state index is -0.264. The van der Waals surface area contributed by atoms with Gasteiger partial charge in [-0.15, -0.1) is 0 Å². The zero-order chi connectivity index (χ0) is 24.9. The molecule has 0 unspecified atom stereocenters. The highest BCUT2D eigenvalue weighted by molar-refractivity contribution is 6.06. The largest absolute Gasteiger partial charge is 0.357 e. The number of carbonyl (C=O) groups excluding carboxylic acids is 2. The first-order valence-electron chi connectivity index (χ1n) is 12.5. The van der Waals surface area contributed by atoms with E-state index in [0.717, 1.165) is 31.7 Å². The van der Waals surface area contributed by atoms with E-state index in [1.54, 1.807) is 30.5 Å². The number of nitriles is 1. The van der Waals surface area contributed by atoms with Gasteiger partial charge < -0.3 is 15.1 Å². The molecule has 0 bridgehead atoms. The van der Waals surface area contributed by atoms with E-state index in [4.69, 9.17) is 5.26 Å². The van der Waals surface area contributed by atoms with Gasteiger partial charge in [0.1, 0.15) is 5.82 Å². The van der Waals surface area contributed by atoms with Crippen LogP contribution in [0.5, 0.6) is 0 Å². The summed E-state index contributed by atoms with van der Waals surface area (Å²) in [4.78, 5) is 34.6. The number of likely N-dealkylation sites (tertiary alicyclic amines) is 1. The fraction of sp³-hybridized carbons (Fsp3) is 0.310. The maximum absolute atomic E-state index is 13.2. The van der Waals surface area contributed by atoms with Gasteiger partial charge in [-0.2, -0.15) is 5.26 Å². The summed E-state index contributed by atoms with van der Waals surface area (Å²) in [6.45, 7) is 3.36. The third-order valence-corrected chi connectivity index (χ3v) is 7.10. The lowest BCUT2D eigenvalue weighted by atomic mass is 9.89. The van der Waals surface area contributed by atoms with Crippen LogP contribution in [0.4, 0.5) is 11.5 Å². The number of anilines is 2. The molecular formula is C29H29N5O2. The van der Waals surface area contributed by atoms with Gasteiger partial charge in [0.25, 0.3) is 11.8 Å². The molecule has 1 N–H and O–H groups in total. The Morgan fingerprint density at radius 3 is 2.31 bits per heavy atom. The second-order valence-electron chi connectivity index (χ2n) is 9.43. The average molecular weight is 480 g/mol. The lowest BCUT2D eigenvalue weighted by Gasteiger charge is -2.32. The second-order valence-corrected chi connectivity index (χ2v) is 9.43. The van der Waals surface area contributed by atoms with Crippen LogP contribution in [0.1, 0.15) is 63.4 Å². The Balaban J connectivity index is 1.19. The normalized spacial score (nSPS) is 16.0. The van der Waals surface area contributed by atoms with Gasteiger partial charge in [0, 0.05) is 37.3 Å². The van der Waals surface area contributed by atoms with Crippen molar-refractivity contribution in [3.05, 3.63) is 89.1 Å². The smallest absolute Gasteiger partial charge is 0.255 e. The molecule has 7 heteroatoms. The number of amides is 2. The number of hydrogen-bond acceptors (Lipinski definition) is 5. The first kappa shape index (κ1) is 23.6. The number of rotatable bonds is 5. The lowest BCUT2D eigenvalue weighted by Crippen LogP contribution is -2.38. The van der Waals surface area contributed by atoms with Crippen LogP contribution in [0.2, 0.25) is 0 Å². The van der Waals surface area contributed by atoms with E-state index in [-0.39, 0.29) is 11.8 Å². The number of nitrogens with zero attached hydrogens (tertiary/aromatic N) is 4. The molecule has 2 aliphatic heterocycles. The van der Waals surface area contributed by atoms with Crippen LogP contribution in [0, 0.1) is 11.3 Å². The molecule has 0 radical (unpaired) electrons. The first-order chi connectivity index (χ1) is 17.6. The molecule has 0 atom stereocenters. The van der Waals surface area contributed by atoms with Crippen molar-refractivity contribution >= 4 is 23.3 Å². The summed E-state index contributed by atoms with van der Waals surface area (Å²) in [7, 11) is 0. The molecule has 3 aromatic rings. The van der Waals surface area contributed by atoms with E-state index < -0.39 is 0 Å². The molecule has 0 saturated carbocycles. The third-order valence-electron chi connectivity index (χ3n) is 7.10. The minimum absolute atomic E-state index is 0.0560. The van der Waals surface area contributed by atoms with Crippen LogP contribution in [0.3, 0.4) is 0 Å². The van der Waals surface area contributed by atoms with Crippen LogP contribution in [0.25, 0.3) is 0 Å². The van der Waals surface area contributed by atoms with Crippen molar-refractivity contribution in [3.8, 4) is 6.07 Å². The van der Waals surface area contributed by atoms with Crippen LogP contribution < -0.4 is 10.2 Å². The van der Waals surface area contributed by atoms with Crippen LogP contribution in [-0.4, -0.2) is 47.9 Å². The Hall–Kier alpha value is -4.18. The Morgan fingerprint density at radius 1 is 0.917 bits per heavy atom. The summed E-state index contributed by atoms with van der Waals surface area (Å²) in [6.07, 6.45) is 5.80. The van der Waals surface area contributed by atoms with Gasteiger partial charge in [-0.25, -0.2) is 4.98 Å². The SMILES string of the molecule is N#Cc1ccc(C2CCN(C(=O)c3cccc(C(=O)Nc4ccc(N5CCCC5)nc4)c3)CC2)cc1. The highest BCUT2D eigenvalue weighted by atomic mass is 16.2. The maximum atomic E-state index is 13.2. The number of pyridine rings is 1. The molecule has 0 aliphatic carbocycles. The Morgan fingerprint density at radius 2 is 1.64 bits per heavy atom. The van der Waals surface area contributed by atoms with Gasteiger partial charge in [-0.05, 0) is 79.6 Å². The van der Waals surface area contributed by atoms with Crippen molar-refractivity contribution in [2.75, 3.05) is 36.4 Å². The highest BCUT2D eigenvalue weighted by Crippen LogP contribution is 2.29.